The second-order valence-corrected chi connectivity index (χ2v) is 4.82. The molecular formula is C13H16N2O3. The number of nitrogens with one attached hydrogen (secondary N) is 1. The van der Waals surface area contributed by atoms with E-state index in [2.05, 4.69) is 5.32 Å². The van der Waals surface area contributed by atoms with E-state index in [1.54, 1.807) is 0 Å². The molecular weight excluding hydrogens is 232 g/mol. The molecule has 1 aliphatic carbocycles. The molecule has 5 heteroatoms. The third-order valence-corrected chi connectivity index (χ3v) is 3.30. The lowest BCUT2D eigenvalue weighted by atomic mass is 10.2. The Morgan fingerprint density at radius 2 is 2.00 bits per heavy atom. The highest BCUT2D eigenvalue weighted by Crippen LogP contribution is 2.33. The Morgan fingerprint density at radius 3 is 2.72 bits per heavy atom. The number of nitrogens with two attached hydrogens (primary N) is 1. The molecule has 0 radical (unpaired) electrons. The fourth-order valence-corrected chi connectivity index (χ4v) is 1.92. The Bertz CT molecular complexity index is 483. The molecule has 18 heavy (non-hydrogen) atoms. The number of benzene rings is 1. The molecule has 0 spiro atoms. The normalized spacial score (nSPS) is 19.2. The standard InChI is InChI=1S/C13H16N2O3/c14-13(3-4-13)12(16)15-8-9-1-2-10-11(7-9)18-6-5-17-10/h1-2,7H,3-6,8,14H2,(H,15,16). The smallest absolute Gasteiger partial charge is 0.240 e. The van der Waals surface area contributed by atoms with Crippen molar-refractivity contribution in [3.63, 3.8) is 0 Å². The summed E-state index contributed by atoms with van der Waals surface area (Å²) in [5.74, 6) is 1.42. The van der Waals surface area contributed by atoms with Gasteiger partial charge in [0.25, 0.3) is 0 Å². The van der Waals surface area contributed by atoms with Crippen LogP contribution in [0.4, 0.5) is 0 Å². The number of fused-ring (bicyclic) bond motifs is 1. The lowest BCUT2D eigenvalue weighted by Gasteiger charge is -2.19. The van der Waals surface area contributed by atoms with Gasteiger partial charge in [-0.2, -0.15) is 0 Å². The van der Waals surface area contributed by atoms with Gasteiger partial charge in [0, 0.05) is 6.54 Å². The summed E-state index contributed by atoms with van der Waals surface area (Å²) in [6, 6.07) is 5.68. The van der Waals surface area contributed by atoms with Crippen LogP contribution in [0.5, 0.6) is 11.5 Å². The molecule has 1 aromatic carbocycles. The van der Waals surface area contributed by atoms with Crippen molar-refractivity contribution in [1.82, 2.24) is 5.32 Å². The number of hydrogen-bond acceptors (Lipinski definition) is 4. The summed E-state index contributed by atoms with van der Waals surface area (Å²) in [5.41, 5.74) is 6.17. The first-order chi connectivity index (χ1) is 8.67. The first-order valence-corrected chi connectivity index (χ1v) is 6.13. The highest BCUT2D eigenvalue weighted by molar-refractivity contribution is 5.88. The maximum absolute atomic E-state index is 11.7. The molecule has 5 nitrogen and oxygen atoms in total. The number of carbonyl (C=O) groups is 1. The van der Waals surface area contributed by atoms with Gasteiger partial charge < -0.3 is 20.5 Å². The van der Waals surface area contributed by atoms with Gasteiger partial charge in [0.2, 0.25) is 5.91 Å². The van der Waals surface area contributed by atoms with Crippen molar-refractivity contribution in [2.45, 2.75) is 24.9 Å². The molecule has 1 saturated carbocycles. The maximum Gasteiger partial charge on any atom is 0.240 e. The van der Waals surface area contributed by atoms with E-state index in [-0.39, 0.29) is 5.91 Å². The summed E-state index contributed by atoms with van der Waals surface area (Å²) in [5, 5.41) is 2.85. The van der Waals surface area contributed by atoms with Crippen molar-refractivity contribution in [3.8, 4) is 11.5 Å². The van der Waals surface area contributed by atoms with Crippen molar-refractivity contribution in [2.24, 2.45) is 5.73 Å². The van der Waals surface area contributed by atoms with E-state index in [9.17, 15) is 4.79 Å². The monoisotopic (exact) mass is 248 g/mol. The van der Waals surface area contributed by atoms with E-state index >= 15 is 0 Å². The summed E-state index contributed by atoms with van der Waals surface area (Å²) < 4.78 is 10.9. The van der Waals surface area contributed by atoms with Crippen LogP contribution in [0.25, 0.3) is 0 Å². The second kappa shape index (κ2) is 4.17. The third-order valence-electron chi connectivity index (χ3n) is 3.30. The molecule has 1 amide bonds. The van der Waals surface area contributed by atoms with Gasteiger partial charge in [0.1, 0.15) is 13.2 Å². The number of ether oxygens (including phenoxy) is 2. The van der Waals surface area contributed by atoms with Gasteiger partial charge >= 0.3 is 0 Å². The molecule has 0 unspecified atom stereocenters. The van der Waals surface area contributed by atoms with Crippen LogP contribution in [0.3, 0.4) is 0 Å². The first kappa shape index (κ1) is 11.3. The van der Waals surface area contributed by atoms with Crippen LogP contribution in [0.1, 0.15) is 18.4 Å². The molecule has 0 saturated heterocycles. The lowest BCUT2D eigenvalue weighted by Crippen LogP contribution is -2.42. The van der Waals surface area contributed by atoms with Gasteiger partial charge in [0.05, 0.1) is 5.54 Å². The number of hydrogen-bond donors (Lipinski definition) is 2. The second-order valence-electron chi connectivity index (χ2n) is 4.82. The van der Waals surface area contributed by atoms with Crippen molar-refractivity contribution >= 4 is 5.91 Å². The summed E-state index contributed by atoms with van der Waals surface area (Å²) in [4.78, 5) is 11.7. The number of rotatable bonds is 3. The lowest BCUT2D eigenvalue weighted by molar-refractivity contribution is -0.123. The topological polar surface area (TPSA) is 73.6 Å². The van der Waals surface area contributed by atoms with Crippen molar-refractivity contribution < 1.29 is 14.3 Å². The minimum atomic E-state index is -0.617. The van der Waals surface area contributed by atoms with E-state index in [0.717, 1.165) is 29.9 Å². The zero-order valence-corrected chi connectivity index (χ0v) is 10.1. The van der Waals surface area contributed by atoms with Crippen LogP contribution < -0.4 is 20.5 Å². The fourth-order valence-electron chi connectivity index (χ4n) is 1.92. The van der Waals surface area contributed by atoms with Crippen molar-refractivity contribution in [2.75, 3.05) is 13.2 Å². The highest BCUT2D eigenvalue weighted by atomic mass is 16.6. The molecule has 1 aliphatic heterocycles. The highest BCUT2D eigenvalue weighted by Gasteiger charge is 2.45. The minimum Gasteiger partial charge on any atom is -0.486 e. The van der Waals surface area contributed by atoms with Crippen molar-refractivity contribution in [3.05, 3.63) is 23.8 Å². The van der Waals surface area contributed by atoms with Gasteiger partial charge in [-0.15, -0.1) is 0 Å². The number of amides is 1. The van der Waals surface area contributed by atoms with E-state index in [4.69, 9.17) is 15.2 Å². The zero-order valence-electron chi connectivity index (χ0n) is 10.1. The van der Waals surface area contributed by atoms with Gasteiger partial charge in [-0.1, -0.05) is 6.07 Å². The molecule has 1 fully saturated rings. The SMILES string of the molecule is NC1(C(=O)NCc2ccc3c(c2)OCCO3)CC1. The summed E-state index contributed by atoms with van der Waals surface area (Å²) >= 11 is 0. The average molecular weight is 248 g/mol. The Morgan fingerprint density at radius 1 is 1.28 bits per heavy atom. The molecule has 0 aromatic heterocycles. The van der Waals surface area contributed by atoms with Gasteiger partial charge in [0.15, 0.2) is 11.5 Å². The maximum atomic E-state index is 11.7. The molecule has 3 N–H and O–H groups in total. The van der Waals surface area contributed by atoms with Crippen LogP contribution in [0, 0.1) is 0 Å². The third kappa shape index (κ3) is 2.13. The Hall–Kier alpha value is -1.75. The first-order valence-electron chi connectivity index (χ1n) is 6.13. The Kier molecular flexibility index (Phi) is 2.63. The van der Waals surface area contributed by atoms with E-state index in [1.807, 2.05) is 18.2 Å². The number of carbonyl (C=O) groups excluding carboxylic acids is 1. The molecule has 1 heterocycles. The van der Waals surface area contributed by atoms with Crippen LogP contribution in [-0.4, -0.2) is 24.7 Å². The predicted octanol–water partition coefficient (Wildman–Crippen LogP) is 0.565. The van der Waals surface area contributed by atoms with Gasteiger partial charge in [-0.25, -0.2) is 0 Å². The fraction of sp³-hybridized carbons (Fsp3) is 0.462. The Balaban J connectivity index is 1.64. The molecule has 2 aliphatic rings. The van der Waals surface area contributed by atoms with Gasteiger partial charge in [-0.05, 0) is 30.5 Å². The molecule has 3 rings (SSSR count). The van der Waals surface area contributed by atoms with E-state index < -0.39 is 5.54 Å². The van der Waals surface area contributed by atoms with Crippen LogP contribution in [0.15, 0.2) is 18.2 Å². The van der Waals surface area contributed by atoms with Crippen LogP contribution >= 0.6 is 0 Å². The quantitative estimate of drug-likeness (QED) is 0.820. The molecule has 96 valence electrons. The van der Waals surface area contributed by atoms with Crippen molar-refractivity contribution in [1.29, 1.82) is 0 Å². The summed E-state index contributed by atoms with van der Waals surface area (Å²) in [6.07, 6.45) is 1.56. The minimum absolute atomic E-state index is 0.0719. The van der Waals surface area contributed by atoms with E-state index in [1.165, 1.54) is 0 Å². The zero-order chi connectivity index (χ0) is 12.6. The molecule has 0 bridgehead atoms. The molecule has 1 aromatic rings. The summed E-state index contributed by atoms with van der Waals surface area (Å²) in [7, 11) is 0. The summed E-state index contributed by atoms with van der Waals surface area (Å²) in [6.45, 7) is 1.61. The Labute approximate surface area is 105 Å². The molecule has 0 atom stereocenters. The van der Waals surface area contributed by atoms with Gasteiger partial charge in [-0.3, -0.25) is 4.79 Å². The average Bonchev–Trinajstić information content (AvgIpc) is 3.15. The van der Waals surface area contributed by atoms with E-state index in [0.29, 0.717) is 19.8 Å². The van der Waals surface area contributed by atoms with Crippen LogP contribution in [0.2, 0.25) is 0 Å². The predicted molar refractivity (Wildman–Crippen MR) is 65.4 cm³/mol. The van der Waals surface area contributed by atoms with Crippen LogP contribution in [-0.2, 0) is 11.3 Å². The largest absolute Gasteiger partial charge is 0.486 e.